The van der Waals surface area contributed by atoms with Crippen LogP contribution in [0.3, 0.4) is 0 Å². The highest BCUT2D eigenvalue weighted by Crippen LogP contribution is 2.33. The molecule has 23 rings (SSSR count). The van der Waals surface area contributed by atoms with Crippen molar-refractivity contribution in [3.63, 3.8) is 0 Å². The van der Waals surface area contributed by atoms with Crippen LogP contribution >= 0.6 is 138 Å². The number of fused-ring (bicyclic) bond motifs is 8. The summed E-state index contributed by atoms with van der Waals surface area (Å²) in [6.07, 6.45) is 12.3. The molecule has 0 spiro atoms. The zero-order valence-corrected chi connectivity index (χ0v) is 94.9. The summed E-state index contributed by atoms with van der Waals surface area (Å²) in [6, 6.07) is 86.1. The minimum atomic E-state index is -0.791. The van der Waals surface area contributed by atoms with Crippen LogP contribution in [0.25, 0.3) is 89.1 Å². The summed E-state index contributed by atoms with van der Waals surface area (Å²) in [5, 5.41) is 22.6. The zero-order chi connectivity index (χ0) is 109. The first-order valence-corrected chi connectivity index (χ1v) is 52.9. The molecule has 23 aromatic rings. The Morgan fingerprint density at radius 1 is 0.403 bits per heavy atom. The number of aromatic amines is 2. The van der Waals surface area contributed by atoms with E-state index >= 15 is 0 Å². The van der Waals surface area contributed by atoms with Gasteiger partial charge in [-0.25, -0.2) is 47.9 Å². The molecule has 0 saturated carbocycles. The molecule has 9 aromatic carbocycles. The SMILES string of the molecule is COc1cccc(C)c1.Cc1cc2cc(Cl)c(Cl)nc2s1.Cc1cc2cc(Cl)cnc2s1.Cc1cc2ccc(F)cc2s1.Cc1cc2ccc(F)nc2s1.Cc1ccc(Cl)nc1.Cc1ccc(F)c(F)c1.Cc1ccc2[nH]c(C)cc2c1.Cc1ccc2c(C)c[nH]c2c1.Cc1ccc2cnccc2c1.Cc1ccc2oc(C)cc2c1.Cc1cccc(C#N)c1.Cc1ncc(Cl)cn1.Cc1sc(Cl)cc1Cl.[C-]#[N+]c1ccc(C)cc1. The molecule has 149 heavy (non-hydrogen) atoms. The Balaban J connectivity index is 0.000000178. The van der Waals surface area contributed by atoms with E-state index in [0.717, 1.165) is 117 Å². The number of nitrogens with zero attached hydrogens (tertiary/aromatic N) is 9. The number of halogens is 11. The normalized spacial score (nSPS) is 10.1. The third-order valence-corrected chi connectivity index (χ3v) is 27.6. The molecular formula is C120H110Cl7F4N11O2S5. The first-order valence-electron chi connectivity index (χ1n) is 46.2. The molecule has 0 aliphatic carbocycles. The third kappa shape index (κ3) is 41.7. The summed E-state index contributed by atoms with van der Waals surface area (Å²) < 4.78 is 61.7. The predicted molar refractivity (Wildman–Crippen MR) is 629 cm³/mol. The maximum atomic E-state index is 12.7. The van der Waals surface area contributed by atoms with Crippen LogP contribution in [0.5, 0.6) is 5.75 Å². The molecule has 0 fully saturated rings. The Kier molecular flexibility index (Phi) is 48.4. The summed E-state index contributed by atoms with van der Waals surface area (Å²) in [5.41, 5.74) is 18.1. The van der Waals surface area contributed by atoms with E-state index < -0.39 is 17.6 Å². The van der Waals surface area contributed by atoms with Gasteiger partial charge in [-0.1, -0.05) is 213 Å². The molecule has 29 heteroatoms. The van der Waals surface area contributed by atoms with E-state index in [-0.39, 0.29) is 5.82 Å². The number of ether oxygens (including phenoxy) is 1. The maximum Gasteiger partial charge on any atom is 0.214 e. The van der Waals surface area contributed by atoms with Crippen molar-refractivity contribution in [2.45, 2.75) is 125 Å². The fourth-order valence-corrected chi connectivity index (χ4v) is 19.1. The number of nitriles is 1. The summed E-state index contributed by atoms with van der Waals surface area (Å²) in [4.78, 5) is 46.2. The monoisotopic (exact) mass is 2220 g/mol. The lowest BCUT2D eigenvalue weighted by Gasteiger charge is -1.97. The van der Waals surface area contributed by atoms with Gasteiger partial charge in [0.1, 0.15) is 53.5 Å². The van der Waals surface area contributed by atoms with Gasteiger partial charge in [-0.05, 0) is 332 Å². The van der Waals surface area contributed by atoms with Crippen molar-refractivity contribution in [3.05, 3.63) is 483 Å². The molecule has 764 valence electrons. The minimum absolute atomic E-state index is 0.153. The Morgan fingerprint density at radius 2 is 0.966 bits per heavy atom. The number of aromatic nitrogens is 9. The van der Waals surface area contributed by atoms with Crippen molar-refractivity contribution in [2.75, 3.05) is 7.11 Å². The fourth-order valence-electron chi connectivity index (χ4n) is 13.5. The quantitative estimate of drug-likeness (QED) is 0.0915. The number of rotatable bonds is 1. The molecule has 2 N–H and O–H groups in total. The van der Waals surface area contributed by atoms with Crippen LogP contribution in [0.15, 0.2) is 315 Å². The first kappa shape index (κ1) is 119. The van der Waals surface area contributed by atoms with Gasteiger partial charge in [-0.15, -0.1) is 56.7 Å². The highest BCUT2D eigenvalue weighted by Gasteiger charge is 2.09. The van der Waals surface area contributed by atoms with Crippen molar-refractivity contribution in [1.82, 2.24) is 44.9 Å². The highest BCUT2D eigenvalue weighted by molar-refractivity contribution is 7.19. The van der Waals surface area contributed by atoms with Gasteiger partial charge in [0.15, 0.2) is 17.3 Å². The van der Waals surface area contributed by atoms with Crippen LogP contribution in [0, 0.1) is 166 Å². The van der Waals surface area contributed by atoms with E-state index in [0.29, 0.717) is 31.1 Å². The van der Waals surface area contributed by atoms with E-state index in [1.165, 1.54) is 138 Å². The van der Waals surface area contributed by atoms with Crippen LogP contribution in [0.1, 0.15) is 103 Å². The average molecular weight is 2220 g/mol. The second kappa shape index (κ2) is 60.4. The Hall–Kier alpha value is -13.2. The third-order valence-electron chi connectivity index (χ3n) is 20.7. The van der Waals surface area contributed by atoms with E-state index in [9.17, 15) is 17.6 Å². The molecule has 0 atom stereocenters. The van der Waals surface area contributed by atoms with Gasteiger partial charge in [0.05, 0.1) is 49.7 Å². The molecule has 0 aliphatic heterocycles. The number of hydrogen-bond donors (Lipinski definition) is 2. The molecule has 14 heterocycles. The second-order valence-corrected chi connectivity index (χ2v) is 43.3. The fraction of sp³-hybridized carbons (Fsp3) is 0.158. The van der Waals surface area contributed by atoms with E-state index in [4.69, 9.17) is 102 Å². The number of furan rings is 1. The number of nitrogens with one attached hydrogen (secondary N) is 2. The summed E-state index contributed by atoms with van der Waals surface area (Å²) in [5.74, 6) is 0.518. The van der Waals surface area contributed by atoms with Crippen molar-refractivity contribution < 1.29 is 26.7 Å². The van der Waals surface area contributed by atoms with Crippen molar-refractivity contribution in [1.29, 1.82) is 5.26 Å². The molecule has 14 aromatic heterocycles. The van der Waals surface area contributed by atoms with Crippen molar-refractivity contribution in [2.24, 2.45) is 0 Å². The molecule has 0 aliphatic rings. The van der Waals surface area contributed by atoms with Gasteiger partial charge in [0, 0.05) is 122 Å². The molecular weight excluding hydrogens is 2110 g/mol. The van der Waals surface area contributed by atoms with Crippen LogP contribution in [0.2, 0.25) is 34.7 Å². The summed E-state index contributed by atoms with van der Waals surface area (Å²) in [6.45, 7) is 42.8. The number of H-pyrrole nitrogens is 2. The first-order chi connectivity index (χ1) is 71.0. The molecule has 0 saturated heterocycles. The number of methoxy groups -OCH3 is 1. The smallest absolute Gasteiger partial charge is 0.214 e. The number of aryl methyl sites for hydroxylation is 18. The number of pyridine rings is 5. The minimum Gasteiger partial charge on any atom is -0.497 e. The summed E-state index contributed by atoms with van der Waals surface area (Å²) in [7, 11) is 1.68. The Bertz CT molecular complexity index is 7720. The highest BCUT2D eigenvalue weighted by atomic mass is 35.5. The van der Waals surface area contributed by atoms with Gasteiger partial charge in [0.2, 0.25) is 5.95 Å². The van der Waals surface area contributed by atoms with Gasteiger partial charge in [-0.2, -0.15) is 9.65 Å². The molecule has 13 nitrogen and oxygen atoms in total. The maximum absolute atomic E-state index is 12.7. The van der Waals surface area contributed by atoms with Crippen LogP contribution in [0.4, 0.5) is 23.2 Å². The largest absolute Gasteiger partial charge is 0.497 e. The number of benzene rings is 9. The predicted octanol–water partition coefficient (Wildman–Crippen LogP) is 40.0. The average Bonchev–Trinajstić information content (AvgIpc) is 1.63. The lowest BCUT2D eigenvalue weighted by molar-refractivity contribution is 0.414. The standard InChI is InChI=1S/2C10H11N.C10H9N.C10H10O.C9H7FS.C8H5Cl2NS.C8H6ClNS.C8H6FNS.2C8H7N.C8H10O.C7H6F2.C6H6ClN.C5H4Cl2S.C5H5ClN2/c1-7-3-4-10-9(5-7)6-8(2)11-10;1-7-3-4-9-8(2)6-11-10(9)5-7;1-8-2-3-10-7-11-5-4-9(10)6-8;1-7-3-4-10-9(5-7)6-8(2)11-10;1-6-4-7-2-3-8(10)5-9(7)11-6;1-4-2-5-3-6(9)7(10)11-8(5)12-4;1-5-2-6-3-7(9)4-10-8(6)11-5;1-5-4-6-2-3-7(9)10-8(6)11-5;1-7-3-5-8(9-2)6-4-7;1-7-3-2-4-8(5-7)6-9;1-7-4-3-5-8(6-7)9-2;1-5-2-3-6(8)7(9)4-5;1-5-2-3-6(7)8-4-5;1-3-4(6)2-5(7)8-3;1-4-7-2-5(6)3-8-4/h2*3-6,11H,1-2H3;2-7H,1H3;3-6H,1-2H3;2-5H,1H3;2-3H,1H3;2*2-4H,1H3;3-6H,1H3;2-5H,1H3;3-6H,1-2H3;2-4H,1H3;2-4H,1H3;2H,1H3;2-3H,1H3. The second-order valence-electron chi connectivity index (χ2n) is 34.0. The topological polar surface area (TPSA) is 172 Å². The van der Waals surface area contributed by atoms with Crippen LogP contribution in [-0.2, 0) is 0 Å². The Labute approximate surface area is 922 Å². The lowest BCUT2D eigenvalue weighted by atomic mass is 10.1. The molecule has 0 bridgehead atoms. The number of thiophene rings is 5. The van der Waals surface area contributed by atoms with Gasteiger partial charge in [-0.3, -0.25) is 4.98 Å². The van der Waals surface area contributed by atoms with E-state index in [1.54, 1.807) is 103 Å². The van der Waals surface area contributed by atoms with Gasteiger partial charge in [0.25, 0.3) is 0 Å². The number of hydrogen-bond acceptors (Lipinski definition) is 15. The van der Waals surface area contributed by atoms with Crippen LogP contribution in [-0.4, -0.2) is 52.0 Å². The molecule has 0 unspecified atom stereocenters. The molecule has 0 radical (unpaired) electrons. The van der Waals surface area contributed by atoms with Gasteiger partial charge < -0.3 is 19.1 Å². The van der Waals surface area contributed by atoms with Crippen molar-refractivity contribution >= 4 is 228 Å². The van der Waals surface area contributed by atoms with Crippen molar-refractivity contribution in [3.8, 4) is 11.8 Å². The van der Waals surface area contributed by atoms with E-state index in [2.05, 4.69) is 201 Å². The van der Waals surface area contributed by atoms with Crippen LogP contribution < -0.4 is 4.74 Å². The van der Waals surface area contributed by atoms with E-state index in [1.807, 2.05) is 197 Å². The van der Waals surface area contributed by atoms with Gasteiger partial charge >= 0.3 is 0 Å². The Morgan fingerprint density at radius 3 is 1.56 bits per heavy atom. The molecule has 0 amide bonds. The summed E-state index contributed by atoms with van der Waals surface area (Å²) >= 11 is 47.5. The zero-order valence-electron chi connectivity index (χ0n) is 85.5. The lowest BCUT2D eigenvalue weighted by Crippen LogP contribution is -1.82.